The van der Waals surface area contributed by atoms with Gasteiger partial charge in [0, 0.05) is 0 Å². The van der Waals surface area contributed by atoms with Gasteiger partial charge in [-0.15, -0.1) is 0 Å². The van der Waals surface area contributed by atoms with Crippen LogP contribution in [0.1, 0.15) is 0 Å². The smallest absolute Gasteiger partial charge is 0.111 e. The zero-order chi connectivity index (χ0) is 46.1. The molecule has 29 heteroatoms. The molecule has 0 aliphatic heterocycles. The molecule has 0 fully saturated rings. The van der Waals surface area contributed by atoms with Crippen LogP contribution in [-0.2, 0) is 101 Å². The molecule has 0 spiro atoms. The van der Waals surface area contributed by atoms with Crippen molar-refractivity contribution in [2.24, 2.45) is 0 Å². The minimum atomic E-state index is -0.988. The van der Waals surface area contributed by atoms with Gasteiger partial charge < -0.3 is 61.6 Å². The van der Waals surface area contributed by atoms with E-state index >= 15 is 0 Å². The summed E-state index contributed by atoms with van der Waals surface area (Å²) < 4.78 is 172. The SMILES string of the molecule is FOCCOCC(COCCOF)OCC(COCC(COC(COCCOF)COCCOF)OC(COCCOF)COCCOF)OC(COCCOF)COCCOF. The molecule has 0 amide bonds. The predicted molar refractivity (Wildman–Crippen MR) is 191 cm³/mol. The van der Waals surface area contributed by atoms with E-state index in [0.717, 1.165) is 0 Å². The van der Waals surface area contributed by atoms with Gasteiger partial charge in [0.2, 0.25) is 0 Å². The maximum absolute atomic E-state index is 12.3. The van der Waals surface area contributed by atoms with Gasteiger partial charge in [0.05, 0.1) is 132 Å². The Bertz CT molecular complexity index is 786. The number of ether oxygens (including phenoxy) is 13. The highest BCUT2D eigenvalue weighted by molar-refractivity contribution is 4.69. The quantitative estimate of drug-likeness (QED) is 0.0638. The maximum Gasteiger partial charge on any atom is 0.111 e. The van der Waals surface area contributed by atoms with Crippen molar-refractivity contribution in [3.63, 3.8) is 0 Å². The summed E-state index contributed by atoms with van der Waals surface area (Å²) in [6.07, 6.45) is -5.46. The third-order valence-corrected chi connectivity index (χ3v) is 7.28. The Kier molecular flexibility index (Phi) is 48.9. The van der Waals surface area contributed by atoms with Crippen LogP contribution in [0.5, 0.6) is 0 Å². The van der Waals surface area contributed by atoms with Crippen LogP contribution in [0, 0.1) is 0 Å². The van der Waals surface area contributed by atoms with Crippen molar-refractivity contribution >= 4 is 0 Å². The zero-order valence-electron chi connectivity index (χ0n) is 34.9. The number of hydrogen-bond acceptors (Lipinski definition) is 21. The van der Waals surface area contributed by atoms with Crippen molar-refractivity contribution < 1.29 is 137 Å². The average molecular weight is 959 g/mol. The molecule has 0 saturated heterocycles. The third kappa shape index (κ3) is 41.8. The molecule has 0 aliphatic rings. The molecule has 0 heterocycles. The summed E-state index contributed by atoms with van der Waals surface area (Å²) in [4.78, 5) is 28.2. The van der Waals surface area contributed by atoms with Crippen LogP contribution in [0.15, 0.2) is 0 Å². The summed E-state index contributed by atoms with van der Waals surface area (Å²) >= 11 is 0. The first kappa shape index (κ1) is 61.6. The Morgan fingerprint density at radius 2 is 0.365 bits per heavy atom. The standard InChI is InChI=1S/C34H62F8O21/c35-54-9-1-43-17-29(18-44-2-10-55-36)52-27-33(62-31(21-47-5-13-58-39)22-48-6-14-59-40)25-51-26-34(63-32(23-49-7-15-60-41)24-50-8-16-61-42)28-53-30(19-45-3-11-56-37)20-46-4-12-57-38/h29-34H,1-28H2. The van der Waals surface area contributed by atoms with Gasteiger partial charge in [0.1, 0.15) is 89.5 Å². The minimum Gasteiger partial charge on any atom is -0.376 e. The van der Waals surface area contributed by atoms with Crippen LogP contribution in [0.25, 0.3) is 0 Å². The van der Waals surface area contributed by atoms with E-state index < -0.39 is 63.1 Å². The van der Waals surface area contributed by atoms with Crippen molar-refractivity contribution in [1.82, 2.24) is 0 Å². The molecule has 0 aromatic carbocycles. The van der Waals surface area contributed by atoms with Gasteiger partial charge in [-0.05, 0) is 36.2 Å². The Morgan fingerprint density at radius 1 is 0.190 bits per heavy atom. The van der Waals surface area contributed by atoms with E-state index in [2.05, 4.69) is 39.5 Å². The lowest BCUT2D eigenvalue weighted by Crippen LogP contribution is -2.41. The van der Waals surface area contributed by atoms with Crippen LogP contribution in [0.2, 0.25) is 0 Å². The Morgan fingerprint density at radius 3 is 0.571 bits per heavy atom. The molecule has 63 heavy (non-hydrogen) atoms. The topological polar surface area (TPSA) is 194 Å². The van der Waals surface area contributed by atoms with E-state index in [1.165, 1.54) is 0 Å². The molecule has 0 radical (unpaired) electrons. The molecule has 0 N–H and O–H groups in total. The van der Waals surface area contributed by atoms with Gasteiger partial charge in [-0.3, -0.25) is 0 Å². The fourth-order valence-corrected chi connectivity index (χ4v) is 4.60. The summed E-state index contributed by atoms with van der Waals surface area (Å²) in [5.41, 5.74) is 0. The second kappa shape index (κ2) is 50.0. The van der Waals surface area contributed by atoms with Crippen LogP contribution in [-0.4, -0.2) is 222 Å². The van der Waals surface area contributed by atoms with E-state index in [9.17, 15) is 36.2 Å². The van der Waals surface area contributed by atoms with E-state index in [4.69, 9.17) is 61.6 Å². The van der Waals surface area contributed by atoms with Gasteiger partial charge in [-0.25, -0.2) is 0 Å². The van der Waals surface area contributed by atoms with Gasteiger partial charge in [0.15, 0.2) is 0 Å². The fourth-order valence-electron chi connectivity index (χ4n) is 4.60. The molecule has 2 atom stereocenters. The first-order valence-corrected chi connectivity index (χ1v) is 19.6. The van der Waals surface area contributed by atoms with Gasteiger partial charge in [-0.1, -0.05) is 0 Å². The molecule has 0 aliphatic carbocycles. The molecule has 0 rings (SSSR count). The van der Waals surface area contributed by atoms with E-state index in [0.29, 0.717) is 0 Å². The van der Waals surface area contributed by atoms with Crippen LogP contribution in [0.3, 0.4) is 0 Å². The molecule has 380 valence electrons. The van der Waals surface area contributed by atoms with Crippen molar-refractivity contribution in [1.29, 1.82) is 0 Å². The lowest BCUT2D eigenvalue weighted by Gasteiger charge is -2.29. The van der Waals surface area contributed by atoms with Gasteiger partial charge in [-0.2, -0.15) is 39.5 Å². The van der Waals surface area contributed by atoms with Crippen molar-refractivity contribution in [2.45, 2.75) is 36.6 Å². The van der Waals surface area contributed by atoms with Crippen molar-refractivity contribution in [3.05, 3.63) is 0 Å². The van der Waals surface area contributed by atoms with E-state index in [1.807, 2.05) is 0 Å². The summed E-state index contributed by atoms with van der Waals surface area (Å²) in [5, 5.41) is 0. The highest BCUT2D eigenvalue weighted by Crippen LogP contribution is 2.11. The monoisotopic (exact) mass is 958 g/mol. The Balaban J connectivity index is 6.34. The predicted octanol–water partition coefficient (Wildman–Crippen LogP) is 2.62. The van der Waals surface area contributed by atoms with E-state index in [-0.39, 0.29) is 159 Å². The van der Waals surface area contributed by atoms with Gasteiger partial charge >= 0.3 is 0 Å². The molecule has 0 aromatic heterocycles. The summed E-state index contributed by atoms with van der Waals surface area (Å²) in [6, 6.07) is 0. The third-order valence-electron chi connectivity index (χ3n) is 7.28. The maximum atomic E-state index is 12.3. The lowest BCUT2D eigenvalue weighted by molar-refractivity contribution is -0.186. The Hall–Kier alpha value is -1.40. The normalized spacial score (nSPS) is 13.1. The van der Waals surface area contributed by atoms with Crippen molar-refractivity contribution in [2.75, 3.05) is 185 Å². The van der Waals surface area contributed by atoms with E-state index in [1.54, 1.807) is 0 Å². The molecule has 0 saturated carbocycles. The van der Waals surface area contributed by atoms with Crippen LogP contribution < -0.4 is 0 Å². The minimum absolute atomic E-state index is 0.139. The molecular formula is C34H62F8O21. The molecular weight excluding hydrogens is 896 g/mol. The second-order valence-electron chi connectivity index (χ2n) is 12.3. The first-order chi connectivity index (χ1) is 31.0. The second-order valence-corrected chi connectivity index (χ2v) is 12.3. The highest BCUT2D eigenvalue weighted by Gasteiger charge is 2.25. The fraction of sp³-hybridized carbons (Fsp3) is 1.00. The van der Waals surface area contributed by atoms with Crippen LogP contribution in [0.4, 0.5) is 36.2 Å². The summed E-state index contributed by atoms with van der Waals surface area (Å²) in [6.45, 7) is -6.73. The largest absolute Gasteiger partial charge is 0.376 e. The summed E-state index contributed by atoms with van der Waals surface area (Å²) in [5.74, 6) is 0. The molecule has 0 bridgehead atoms. The highest BCUT2D eigenvalue weighted by atomic mass is 19.3. The number of rotatable bonds is 54. The average Bonchev–Trinajstić information content (AvgIpc) is 3.29. The lowest BCUT2D eigenvalue weighted by atomic mass is 10.3. The number of hydrogen-bond donors (Lipinski definition) is 0. The Labute approximate surface area is 359 Å². The van der Waals surface area contributed by atoms with Gasteiger partial charge in [0.25, 0.3) is 0 Å². The molecule has 21 nitrogen and oxygen atoms in total. The summed E-state index contributed by atoms with van der Waals surface area (Å²) in [7, 11) is 0. The molecule has 0 aromatic rings. The number of halogens is 8. The molecule has 2 unspecified atom stereocenters. The zero-order valence-corrected chi connectivity index (χ0v) is 34.9. The first-order valence-electron chi connectivity index (χ1n) is 19.6. The van der Waals surface area contributed by atoms with Crippen LogP contribution >= 0.6 is 0 Å². The van der Waals surface area contributed by atoms with Crippen molar-refractivity contribution in [3.8, 4) is 0 Å².